The molecule has 0 saturated carbocycles. The van der Waals surface area contributed by atoms with Gasteiger partial charge in [0.1, 0.15) is 17.2 Å². The number of nitrogens with two attached hydrogens (primary N) is 2. The molecular weight excluding hydrogens is 320 g/mol. The molecule has 0 spiro atoms. The van der Waals surface area contributed by atoms with Gasteiger partial charge in [-0.3, -0.25) is 9.69 Å². The van der Waals surface area contributed by atoms with Crippen molar-refractivity contribution in [3.63, 3.8) is 0 Å². The summed E-state index contributed by atoms with van der Waals surface area (Å²) in [6.45, 7) is 2.14. The van der Waals surface area contributed by atoms with Crippen molar-refractivity contribution >= 4 is 29.0 Å². The molecule has 3 rings (SSSR count). The van der Waals surface area contributed by atoms with E-state index in [1.807, 2.05) is 0 Å². The minimum atomic E-state index is -0.307. The molecule has 1 fully saturated rings. The fourth-order valence-corrected chi connectivity index (χ4v) is 2.58. The lowest BCUT2D eigenvalue weighted by atomic mass is 10.3. The zero-order valence-corrected chi connectivity index (χ0v) is 13.8. The molecule has 0 amide bonds. The first-order valence-corrected chi connectivity index (χ1v) is 8.07. The van der Waals surface area contributed by atoms with E-state index < -0.39 is 0 Å². The third kappa shape index (κ3) is 4.51. The van der Waals surface area contributed by atoms with Crippen LogP contribution in [-0.4, -0.2) is 35.5 Å². The second kappa shape index (κ2) is 7.71. The maximum absolute atomic E-state index is 12.1. The largest absolute Gasteiger partial charge is 0.423 e. The van der Waals surface area contributed by atoms with Crippen molar-refractivity contribution < 1.29 is 9.53 Å². The van der Waals surface area contributed by atoms with Crippen molar-refractivity contribution in [1.29, 1.82) is 0 Å². The third-order valence-corrected chi connectivity index (χ3v) is 3.83. The van der Waals surface area contributed by atoms with E-state index in [0.29, 0.717) is 22.9 Å². The van der Waals surface area contributed by atoms with E-state index in [4.69, 9.17) is 16.2 Å². The molecule has 0 aliphatic carbocycles. The van der Waals surface area contributed by atoms with Gasteiger partial charge in [-0.1, -0.05) is 12.1 Å². The smallest absolute Gasteiger partial charge is 0.325 e. The molecular formula is C17H20N6O2. The molecule has 2 heterocycles. The molecule has 1 aromatic carbocycles. The van der Waals surface area contributed by atoms with Crippen molar-refractivity contribution in [2.24, 2.45) is 10.2 Å². The van der Waals surface area contributed by atoms with Crippen molar-refractivity contribution in [2.45, 2.75) is 12.8 Å². The topological polar surface area (TPSA) is 119 Å². The number of aromatic nitrogens is 1. The lowest BCUT2D eigenvalue weighted by molar-refractivity contribution is -0.135. The zero-order chi connectivity index (χ0) is 17.6. The molecule has 130 valence electrons. The normalized spacial score (nSPS) is 14.9. The molecule has 1 aromatic heterocycles. The summed E-state index contributed by atoms with van der Waals surface area (Å²) in [6, 6.07) is 10.2. The average Bonchev–Trinajstić information content (AvgIpc) is 3.08. The number of azo groups is 1. The Hall–Kier alpha value is -3.00. The summed E-state index contributed by atoms with van der Waals surface area (Å²) >= 11 is 0. The van der Waals surface area contributed by atoms with Gasteiger partial charge in [0.15, 0.2) is 11.6 Å². The number of nitrogens with zero attached hydrogens (tertiary/aromatic N) is 4. The van der Waals surface area contributed by atoms with E-state index in [0.717, 1.165) is 25.9 Å². The minimum Gasteiger partial charge on any atom is -0.423 e. The summed E-state index contributed by atoms with van der Waals surface area (Å²) in [4.78, 5) is 18.1. The first-order chi connectivity index (χ1) is 12.1. The Kier molecular flexibility index (Phi) is 5.20. The number of hydrogen-bond donors (Lipinski definition) is 2. The number of esters is 1. The van der Waals surface area contributed by atoms with Gasteiger partial charge >= 0.3 is 5.97 Å². The molecule has 1 aliphatic heterocycles. The van der Waals surface area contributed by atoms with Crippen LogP contribution >= 0.6 is 0 Å². The van der Waals surface area contributed by atoms with Crippen LogP contribution in [0.4, 0.5) is 23.0 Å². The van der Waals surface area contributed by atoms with Gasteiger partial charge in [0, 0.05) is 0 Å². The lowest BCUT2D eigenvalue weighted by Crippen LogP contribution is -2.29. The highest BCUT2D eigenvalue weighted by molar-refractivity contribution is 5.76. The van der Waals surface area contributed by atoms with Gasteiger partial charge in [-0.25, -0.2) is 4.98 Å². The summed E-state index contributed by atoms with van der Waals surface area (Å²) in [7, 11) is 0. The molecule has 4 N–H and O–H groups in total. The molecule has 2 aromatic rings. The highest BCUT2D eigenvalue weighted by atomic mass is 16.5. The second-order valence-electron chi connectivity index (χ2n) is 5.77. The molecule has 25 heavy (non-hydrogen) atoms. The Labute approximate surface area is 145 Å². The highest BCUT2D eigenvalue weighted by Crippen LogP contribution is 2.30. The van der Waals surface area contributed by atoms with E-state index in [9.17, 15) is 4.79 Å². The number of benzene rings is 1. The van der Waals surface area contributed by atoms with Crippen LogP contribution in [0.2, 0.25) is 0 Å². The first kappa shape index (κ1) is 16.8. The van der Waals surface area contributed by atoms with Gasteiger partial charge in [0.05, 0.1) is 6.54 Å². The summed E-state index contributed by atoms with van der Waals surface area (Å²) in [5, 5.41) is 8.19. The van der Waals surface area contributed by atoms with Crippen LogP contribution < -0.4 is 16.2 Å². The fraction of sp³-hybridized carbons (Fsp3) is 0.294. The van der Waals surface area contributed by atoms with E-state index in [1.165, 1.54) is 0 Å². The van der Waals surface area contributed by atoms with Crippen molar-refractivity contribution in [3.8, 4) is 5.75 Å². The Balaban J connectivity index is 1.71. The Morgan fingerprint density at radius 1 is 1.08 bits per heavy atom. The van der Waals surface area contributed by atoms with Crippen LogP contribution in [0.25, 0.3) is 0 Å². The van der Waals surface area contributed by atoms with Gasteiger partial charge in [0.25, 0.3) is 0 Å². The second-order valence-corrected chi connectivity index (χ2v) is 5.77. The van der Waals surface area contributed by atoms with E-state index in [2.05, 4.69) is 20.1 Å². The van der Waals surface area contributed by atoms with Gasteiger partial charge in [-0.2, -0.15) is 0 Å². The van der Waals surface area contributed by atoms with Crippen LogP contribution in [0, 0.1) is 0 Å². The number of pyridine rings is 1. The number of likely N-dealkylation sites (tertiary alicyclic amines) is 1. The summed E-state index contributed by atoms with van der Waals surface area (Å²) in [5.74, 6) is 0.551. The molecule has 0 atom stereocenters. The Bertz CT molecular complexity index is 786. The van der Waals surface area contributed by atoms with Crippen LogP contribution in [0.3, 0.4) is 0 Å². The Morgan fingerprint density at radius 2 is 1.80 bits per heavy atom. The fourth-order valence-electron chi connectivity index (χ4n) is 2.58. The van der Waals surface area contributed by atoms with E-state index in [1.54, 1.807) is 36.4 Å². The first-order valence-electron chi connectivity index (χ1n) is 8.07. The van der Waals surface area contributed by atoms with Crippen molar-refractivity contribution in [3.05, 3.63) is 36.4 Å². The van der Waals surface area contributed by atoms with Crippen LogP contribution in [0.1, 0.15) is 12.8 Å². The number of para-hydroxylation sites is 1. The molecule has 0 unspecified atom stereocenters. The SMILES string of the molecule is Nc1ccc(N=Nc2ccccc2OC(=O)CN2CCCC2)c(N)n1. The summed E-state index contributed by atoms with van der Waals surface area (Å²) in [6.07, 6.45) is 2.24. The molecule has 8 nitrogen and oxygen atoms in total. The van der Waals surface area contributed by atoms with E-state index in [-0.39, 0.29) is 18.3 Å². The predicted molar refractivity (Wildman–Crippen MR) is 95.0 cm³/mol. The van der Waals surface area contributed by atoms with Crippen molar-refractivity contribution in [2.75, 3.05) is 31.1 Å². The van der Waals surface area contributed by atoms with Crippen LogP contribution in [-0.2, 0) is 4.79 Å². The quantitative estimate of drug-likeness (QED) is 0.490. The number of nitrogen functional groups attached to an aromatic ring is 2. The molecule has 1 saturated heterocycles. The Morgan fingerprint density at radius 3 is 2.56 bits per heavy atom. The molecule has 0 bridgehead atoms. The maximum atomic E-state index is 12.1. The zero-order valence-electron chi connectivity index (χ0n) is 13.8. The molecule has 0 radical (unpaired) electrons. The van der Waals surface area contributed by atoms with Gasteiger partial charge < -0.3 is 16.2 Å². The summed E-state index contributed by atoms with van der Waals surface area (Å²) < 4.78 is 5.44. The molecule has 8 heteroatoms. The standard InChI is InChI=1S/C17H20N6O2/c18-15-8-7-13(17(19)20-15)22-21-12-5-1-2-6-14(12)25-16(24)11-23-9-3-4-10-23/h1-2,5-8H,3-4,9-11H2,(H4,18,19,20). The van der Waals surface area contributed by atoms with Gasteiger partial charge in [0.2, 0.25) is 0 Å². The van der Waals surface area contributed by atoms with Crippen molar-refractivity contribution in [1.82, 2.24) is 9.88 Å². The van der Waals surface area contributed by atoms with Gasteiger partial charge in [-0.05, 0) is 50.2 Å². The minimum absolute atomic E-state index is 0.187. The van der Waals surface area contributed by atoms with Gasteiger partial charge in [-0.15, -0.1) is 10.2 Å². The molecule has 1 aliphatic rings. The monoisotopic (exact) mass is 340 g/mol. The lowest BCUT2D eigenvalue weighted by Gasteiger charge is -2.13. The number of rotatable bonds is 5. The van der Waals surface area contributed by atoms with E-state index >= 15 is 0 Å². The number of carbonyl (C=O) groups is 1. The highest BCUT2D eigenvalue weighted by Gasteiger charge is 2.17. The predicted octanol–water partition coefficient (Wildman–Crippen LogP) is 2.66. The summed E-state index contributed by atoms with van der Waals surface area (Å²) in [5.41, 5.74) is 12.1. The average molecular weight is 340 g/mol. The number of hydrogen-bond acceptors (Lipinski definition) is 8. The number of anilines is 2. The third-order valence-electron chi connectivity index (χ3n) is 3.83. The number of carbonyl (C=O) groups excluding carboxylic acids is 1. The van der Waals surface area contributed by atoms with Crippen LogP contribution in [0.5, 0.6) is 5.75 Å². The van der Waals surface area contributed by atoms with Crippen LogP contribution in [0.15, 0.2) is 46.6 Å². The maximum Gasteiger partial charge on any atom is 0.325 e. The number of ether oxygens (including phenoxy) is 1.